The first-order chi connectivity index (χ1) is 9.66. The Hall–Kier alpha value is -2.04. The van der Waals surface area contributed by atoms with Gasteiger partial charge in [-0.3, -0.25) is 0 Å². The number of nitrogens with one attached hydrogen (secondary N) is 1. The van der Waals surface area contributed by atoms with Crippen molar-refractivity contribution in [3.05, 3.63) is 52.5 Å². The molecule has 0 aliphatic carbocycles. The Morgan fingerprint density at radius 2 is 1.75 bits per heavy atom. The molecule has 2 aromatic carbocycles. The van der Waals surface area contributed by atoms with Crippen LogP contribution in [0.5, 0.6) is 5.88 Å². The molecule has 3 aromatic rings. The molecule has 1 heterocycles. The molecule has 0 aliphatic rings. The van der Waals surface area contributed by atoms with Crippen LogP contribution < -0.4 is 0 Å². The Morgan fingerprint density at radius 3 is 2.60 bits per heavy atom. The van der Waals surface area contributed by atoms with Crippen LogP contribution in [-0.4, -0.2) is 10.1 Å². The summed E-state index contributed by atoms with van der Waals surface area (Å²) in [6.45, 7) is 0. The van der Waals surface area contributed by atoms with Crippen LogP contribution in [0.15, 0.2) is 52.7 Å². The van der Waals surface area contributed by atoms with Crippen molar-refractivity contribution in [3.63, 3.8) is 0 Å². The molecule has 0 atom stereocenters. The quantitative estimate of drug-likeness (QED) is 0.595. The number of rotatable bonds is 2. The van der Waals surface area contributed by atoms with Crippen LogP contribution in [0.4, 0.5) is 11.4 Å². The number of nitrogens with zero attached hydrogens (tertiary/aromatic N) is 2. The molecule has 3 rings (SSSR count). The molecule has 0 amide bonds. The molecule has 0 aliphatic heterocycles. The van der Waals surface area contributed by atoms with E-state index in [0.717, 1.165) is 10.9 Å². The van der Waals surface area contributed by atoms with Gasteiger partial charge in [-0.15, -0.1) is 10.2 Å². The van der Waals surface area contributed by atoms with Gasteiger partial charge in [0.15, 0.2) is 5.69 Å². The van der Waals surface area contributed by atoms with Crippen molar-refractivity contribution in [2.24, 2.45) is 10.2 Å². The molecule has 0 spiro atoms. The minimum atomic E-state index is -0.0342. The summed E-state index contributed by atoms with van der Waals surface area (Å²) in [6, 6.07) is 12.5. The van der Waals surface area contributed by atoms with Gasteiger partial charge in [0, 0.05) is 5.39 Å². The lowest BCUT2D eigenvalue weighted by molar-refractivity contribution is 0.459. The van der Waals surface area contributed by atoms with Gasteiger partial charge in [0.2, 0.25) is 5.88 Å². The second kappa shape index (κ2) is 5.15. The highest BCUT2D eigenvalue weighted by atomic mass is 35.5. The zero-order valence-corrected chi connectivity index (χ0v) is 11.7. The Kier molecular flexibility index (Phi) is 3.34. The van der Waals surface area contributed by atoms with E-state index in [9.17, 15) is 5.11 Å². The molecule has 0 unspecified atom stereocenters. The fourth-order valence-corrected chi connectivity index (χ4v) is 2.22. The minimum absolute atomic E-state index is 0.0342. The van der Waals surface area contributed by atoms with E-state index in [4.69, 9.17) is 23.2 Å². The summed E-state index contributed by atoms with van der Waals surface area (Å²) in [6.07, 6.45) is 0. The molecular weight excluding hydrogens is 297 g/mol. The number of aromatic nitrogens is 1. The smallest absolute Gasteiger partial charge is 0.218 e. The van der Waals surface area contributed by atoms with Gasteiger partial charge < -0.3 is 10.1 Å². The number of H-pyrrole nitrogens is 1. The predicted molar refractivity (Wildman–Crippen MR) is 80.6 cm³/mol. The zero-order chi connectivity index (χ0) is 14.1. The molecular formula is C14H9Cl2N3O. The summed E-state index contributed by atoms with van der Waals surface area (Å²) >= 11 is 11.9. The van der Waals surface area contributed by atoms with E-state index in [1.165, 1.54) is 0 Å². The number of hydrogen-bond acceptors (Lipinski definition) is 3. The summed E-state index contributed by atoms with van der Waals surface area (Å²) in [5.74, 6) is -0.0342. The number of benzene rings is 2. The van der Waals surface area contributed by atoms with E-state index in [0.29, 0.717) is 21.4 Å². The van der Waals surface area contributed by atoms with Crippen LogP contribution in [0.25, 0.3) is 10.9 Å². The molecule has 4 nitrogen and oxygen atoms in total. The first-order valence-electron chi connectivity index (χ1n) is 5.82. The van der Waals surface area contributed by atoms with Crippen LogP contribution in [-0.2, 0) is 0 Å². The number of aromatic amines is 1. The molecule has 6 heteroatoms. The van der Waals surface area contributed by atoms with Crippen LogP contribution in [0.3, 0.4) is 0 Å². The number of azo groups is 1. The predicted octanol–water partition coefficient (Wildman–Crippen LogP) is 5.60. The zero-order valence-electron chi connectivity index (χ0n) is 10.1. The summed E-state index contributed by atoms with van der Waals surface area (Å²) in [5.41, 5.74) is 1.61. The largest absolute Gasteiger partial charge is 0.493 e. The maximum atomic E-state index is 9.87. The van der Waals surface area contributed by atoms with Crippen LogP contribution in [0.2, 0.25) is 10.0 Å². The molecule has 0 saturated carbocycles. The summed E-state index contributed by atoms with van der Waals surface area (Å²) < 4.78 is 0. The molecule has 0 fully saturated rings. The Labute approximate surface area is 124 Å². The van der Waals surface area contributed by atoms with Gasteiger partial charge >= 0.3 is 0 Å². The lowest BCUT2D eigenvalue weighted by Crippen LogP contribution is -1.69. The van der Waals surface area contributed by atoms with E-state index in [-0.39, 0.29) is 5.88 Å². The van der Waals surface area contributed by atoms with Gasteiger partial charge in [0.1, 0.15) is 5.69 Å². The lowest BCUT2D eigenvalue weighted by Gasteiger charge is -1.98. The fourth-order valence-electron chi connectivity index (χ4n) is 1.89. The number of fused-ring (bicyclic) bond motifs is 1. The molecule has 2 N–H and O–H groups in total. The maximum absolute atomic E-state index is 9.87. The monoisotopic (exact) mass is 305 g/mol. The number of halogens is 2. The van der Waals surface area contributed by atoms with E-state index in [2.05, 4.69) is 15.2 Å². The van der Waals surface area contributed by atoms with E-state index in [1.54, 1.807) is 18.2 Å². The minimum Gasteiger partial charge on any atom is -0.493 e. The molecule has 0 radical (unpaired) electrons. The summed E-state index contributed by atoms with van der Waals surface area (Å²) in [7, 11) is 0. The van der Waals surface area contributed by atoms with Crippen LogP contribution in [0.1, 0.15) is 0 Å². The summed E-state index contributed by atoms with van der Waals surface area (Å²) in [4.78, 5) is 2.83. The Morgan fingerprint density at radius 1 is 0.950 bits per heavy atom. The van der Waals surface area contributed by atoms with Gasteiger partial charge in [0.25, 0.3) is 0 Å². The maximum Gasteiger partial charge on any atom is 0.218 e. The molecule has 0 saturated heterocycles. The Bertz CT molecular complexity index is 811. The highest BCUT2D eigenvalue weighted by Crippen LogP contribution is 2.38. The first kappa shape index (κ1) is 13.0. The SMILES string of the molecule is Oc1[nH]c2ccccc2c1N=Nc1cccc(Cl)c1Cl. The van der Waals surface area contributed by atoms with Crippen molar-refractivity contribution in [3.8, 4) is 5.88 Å². The average Bonchev–Trinajstić information content (AvgIpc) is 2.76. The fraction of sp³-hybridized carbons (Fsp3) is 0. The van der Waals surface area contributed by atoms with Crippen molar-refractivity contribution in [1.82, 2.24) is 4.98 Å². The molecule has 100 valence electrons. The van der Waals surface area contributed by atoms with Crippen molar-refractivity contribution in [2.45, 2.75) is 0 Å². The van der Waals surface area contributed by atoms with Crippen molar-refractivity contribution in [2.75, 3.05) is 0 Å². The third kappa shape index (κ3) is 2.24. The van der Waals surface area contributed by atoms with Crippen LogP contribution in [0, 0.1) is 0 Å². The van der Waals surface area contributed by atoms with Gasteiger partial charge in [-0.2, -0.15) is 0 Å². The van der Waals surface area contributed by atoms with E-state index in [1.807, 2.05) is 24.3 Å². The van der Waals surface area contributed by atoms with Gasteiger partial charge in [-0.1, -0.05) is 47.5 Å². The standard InChI is InChI=1S/C14H9Cl2N3O/c15-9-5-3-7-11(12(9)16)18-19-13-8-4-1-2-6-10(8)17-14(13)20/h1-7,17,20H. The van der Waals surface area contributed by atoms with Crippen molar-refractivity contribution < 1.29 is 5.11 Å². The normalized spacial score (nSPS) is 11.5. The number of aromatic hydroxyl groups is 1. The van der Waals surface area contributed by atoms with Gasteiger partial charge in [-0.25, -0.2) is 0 Å². The summed E-state index contributed by atoms with van der Waals surface area (Å²) in [5, 5.41) is 19.5. The second-order valence-corrected chi connectivity index (χ2v) is 4.93. The second-order valence-electron chi connectivity index (χ2n) is 4.14. The lowest BCUT2D eigenvalue weighted by atomic mass is 10.2. The first-order valence-corrected chi connectivity index (χ1v) is 6.58. The number of hydrogen-bond donors (Lipinski definition) is 2. The topological polar surface area (TPSA) is 60.7 Å². The Balaban J connectivity index is 2.07. The van der Waals surface area contributed by atoms with Gasteiger partial charge in [0.05, 0.1) is 15.6 Å². The average molecular weight is 306 g/mol. The van der Waals surface area contributed by atoms with Crippen LogP contribution >= 0.6 is 23.2 Å². The van der Waals surface area contributed by atoms with Gasteiger partial charge in [-0.05, 0) is 18.2 Å². The van der Waals surface area contributed by atoms with E-state index >= 15 is 0 Å². The third-order valence-electron chi connectivity index (χ3n) is 2.85. The molecule has 1 aromatic heterocycles. The van der Waals surface area contributed by atoms with E-state index < -0.39 is 0 Å². The number of para-hydroxylation sites is 1. The highest BCUT2D eigenvalue weighted by molar-refractivity contribution is 6.43. The molecule has 0 bridgehead atoms. The third-order valence-corrected chi connectivity index (χ3v) is 3.66. The molecule has 20 heavy (non-hydrogen) atoms. The van der Waals surface area contributed by atoms with Crippen molar-refractivity contribution >= 4 is 45.5 Å². The highest BCUT2D eigenvalue weighted by Gasteiger charge is 2.10. The van der Waals surface area contributed by atoms with Crippen molar-refractivity contribution in [1.29, 1.82) is 0 Å².